The Balaban J connectivity index is 2.13. The average molecular weight is 211 g/mol. The van der Waals surface area contributed by atoms with Gasteiger partial charge in [-0.2, -0.15) is 0 Å². The van der Waals surface area contributed by atoms with Crippen LogP contribution in [0.15, 0.2) is 24.3 Å². The standard InChI is InChI=1S/C11H11ClO2/c12-9-5-3-8(4-6-9)11(14)10(13)7-1-2-7/h3-7,10,13H,1-2H2. The molecule has 1 fully saturated rings. The van der Waals surface area contributed by atoms with Crippen LogP contribution in [0.3, 0.4) is 0 Å². The van der Waals surface area contributed by atoms with Crippen molar-refractivity contribution in [2.75, 3.05) is 0 Å². The molecule has 14 heavy (non-hydrogen) atoms. The van der Waals surface area contributed by atoms with E-state index in [-0.39, 0.29) is 11.7 Å². The third kappa shape index (κ3) is 1.97. The molecule has 1 aromatic carbocycles. The van der Waals surface area contributed by atoms with Crippen LogP contribution in [0.1, 0.15) is 23.2 Å². The monoisotopic (exact) mass is 210 g/mol. The van der Waals surface area contributed by atoms with Gasteiger partial charge in [0.25, 0.3) is 0 Å². The van der Waals surface area contributed by atoms with Gasteiger partial charge in [0.15, 0.2) is 5.78 Å². The van der Waals surface area contributed by atoms with E-state index in [0.717, 1.165) is 12.8 Å². The molecule has 1 unspecified atom stereocenters. The summed E-state index contributed by atoms with van der Waals surface area (Å²) in [5.74, 6) is -0.0117. The maximum absolute atomic E-state index is 11.6. The smallest absolute Gasteiger partial charge is 0.191 e. The summed E-state index contributed by atoms with van der Waals surface area (Å²) in [6.45, 7) is 0. The van der Waals surface area contributed by atoms with Crippen LogP contribution in [-0.4, -0.2) is 17.0 Å². The highest BCUT2D eigenvalue weighted by molar-refractivity contribution is 6.30. The van der Waals surface area contributed by atoms with E-state index in [1.54, 1.807) is 24.3 Å². The second-order valence-corrected chi connectivity index (χ2v) is 4.09. The lowest BCUT2D eigenvalue weighted by molar-refractivity contribution is 0.0704. The van der Waals surface area contributed by atoms with Gasteiger partial charge in [-0.1, -0.05) is 11.6 Å². The van der Waals surface area contributed by atoms with Crippen LogP contribution in [0.4, 0.5) is 0 Å². The Morgan fingerprint density at radius 1 is 1.36 bits per heavy atom. The summed E-state index contributed by atoms with van der Waals surface area (Å²) < 4.78 is 0. The lowest BCUT2D eigenvalue weighted by atomic mass is 10.0. The third-order valence-electron chi connectivity index (χ3n) is 2.47. The van der Waals surface area contributed by atoms with Crippen molar-refractivity contribution in [2.24, 2.45) is 5.92 Å². The Morgan fingerprint density at radius 2 is 1.93 bits per heavy atom. The van der Waals surface area contributed by atoms with Crippen LogP contribution in [0.5, 0.6) is 0 Å². The molecule has 0 spiro atoms. The number of Topliss-reactive ketones (excluding diaryl/α,β-unsaturated/α-hetero) is 1. The van der Waals surface area contributed by atoms with Gasteiger partial charge >= 0.3 is 0 Å². The van der Waals surface area contributed by atoms with Crippen molar-refractivity contribution < 1.29 is 9.90 Å². The molecule has 1 atom stereocenters. The van der Waals surface area contributed by atoms with Crippen molar-refractivity contribution in [3.8, 4) is 0 Å². The predicted octanol–water partition coefficient (Wildman–Crippen LogP) is 2.29. The number of ketones is 1. The topological polar surface area (TPSA) is 37.3 Å². The highest BCUT2D eigenvalue weighted by Crippen LogP contribution is 2.33. The van der Waals surface area contributed by atoms with Crippen LogP contribution < -0.4 is 0 Å². The molecule has 0 aliphatic heterocycles. The molecular formula is C11H11ClO2. The van der Waals surface area contributed by atoms with Crippen molar-refractivity contribution >= 4 is 17.4 Å². The van der Waals surface area contributed by atoms with E-state index in [1.165, 1.54) is 0 Å². The fourth-order valence-corrected chi connectivity index (χ4v) is 1.54. The summed E-state index contributed by atoms with van der Waals surface area (Å²) in [7, 11) is 0. The second-order valence-electron chi connectivity index (χ2n) is 3.65. The Morgan fingerprint density at radius 3 is 2.43 bits per heavy atom. The minimum Gasteiger partial charge on any atom is -0.385 e. The first-order valence-corrected chi connectivity index (χ1v) is 5.04. The van der Waals surface area contributed by atoms with Crippen molar-refractivity contribution in [2.45, 2.75) is 18.9 Å². The Labute approximate surface area is 87.5 Å². The Bertz CT molecular complexity index is 341. The fourth-order valence-electron chi connectivity index (χ4n) is 1.41. The van der Waals surface area contributed by atoms with Crippen LogP contribution in [-0.2, 0) is 0 Å². The zero-order chi connectivity index (χ0) is 10.1. The first kappa shape index (κ1) is 9.69. The molecule has 0 bridgehead atoms. The van der Waals surface area contributed by atoms with Crippen LogP contribution in [0.2, 0.25) is 5.02 Å². The van der Waals surface area contributed by atoms with Gasteiger partial charge < -0.3 is 5.11 Å². The average Bonchev–Trinajstić information content (AvgIpc) is 3.00. The van der Waals surface area contributed by atoms with E-state index in [2.05, 4.69) is 0 Å². The quantitative estimate of drug-likeness (QED) is 0.778. The molecule has 74 valence electrons. The lowest BCUT2D eigenvalue weighted by Gasteiger charge is -2.07. The van der Waals surface area contributed by atoms with Crippen LogP contribution >= 0.6 is 11.6 Å². The third-order valence-corrected chi connectivity index (χ3v) is 2.72. The van der Waals surface area contributed by atoms with Gasteiger partial charge in [-0.25, -0.2) is 0 Å². The van der Waals surface area contributed by atoms with Crippen molar-refractivity contribution in [3.63, 3.8) is 0 Å². The minimum atomic E-state index is -0.823. The summed E-state index contributed by atoms with van der Waals surface area (Å²) >= 11 is 5.70. The number of aliphatic hydroxyl groups excluding tert-OH is 1. The normalized spacial score (nSPS) is 17.9. The van der Waals surface area contributed by atoms with Crippen molar-refractivity contribution in [3.05, 3.63) is 34.9 Å². The SMILES string of the molecule is O=C(c1ccc(Cl)cc1)C(O)C1CC1. The molecule has 0 aromatic heterocycles. The van der Waals surface area contributed by atoms with Gasteiger partial charge in [0.1, 0.15) is 6.10 Å². The predicted molar refractivity (Wildman–Crippen MR) is 54.5 cm³/mol. The van der Waals surface area contributed by atoms with Gasteiger partial charge in [0, 0.05) is 10.6 Å². The molecule has 0 heterocycles. The molecule has 3 heteroatoms. The second kappa shape index (κ2) is 3.71. The first-order chi connectivity index (χ1) is 6.68. The summed E-state index contributed by atoms with van der Waals surface area (Å²) in [6, 6.07) is 6.62. The molecule has 0 amide bonds. The largest absolute Gasteiger partial charge is 0.385 e. The van der Waals surface area contributed by atoms with Gasteiger partial charge in [-0.05, 0) is 43.0 Å². The number of carbonyl (C=O) groups excluding carboxylic acids is 1. The lowest BCUT2D eigenvalue weighted by Crippen LogP contribution is -2.22. The van der Waals surface area contributed by atoms with Crippen LogP contribution in [0.25, 0.3) is 0 Å². The molecular weight excluding hydrogens is 200 g/mol. The van der Waals surface area contributed by atoms with Gasteiger partial charge in [-0.3, -0.25) is 4.79 Å². The zero-order valence-electron chi connectivity index (χ0n) is 7.61. The molecule has 1 aliphatic carbocycles. The molecule has 0 radical (unpaired) electrons. The van der Waals surface area contributed by atoms with E-state index in [1.807, 2.05) is 0 Å². The molecule has 2 nitrogen and oxygen atoms in total. The zero-order valence-corrected chi connectivity index (χ0v) is 8.37. The number of aliphatic hydroxyl groups is 1. The molecule has 2 rings (SSSR count). The summed E-state index contributed by atoms with van der Waals surface area (Å²) in [5.41, 5.74) is 0.536. The van der Waals surface area contributed by atoms with E-state index >= 15 is 0 Å². The van der Waals surface area contributed by atoms with E-state index in [4.69, 9.17) is 11.6 Å². The molecule has 1 aromatic rings. The highest BCUT2D eigenvalue weighted by Gasteiger charge is 2.34. The fraction of sp³-hybridized carbons (Fsp3) is 0.364. The number of hydrogen-bond acceptors (Lipinski definition) is 2. The molecule has 0 saturated heterocycles. The number of halogens is 1. The minimum absolute atomic E-state index is 0.179. The van der Waals surface area contributed by atoms with Crippen LogP contribution in [0, 0.1) is 5.92 Å². The van der Waals surface area contributed by atoms with E-state index < -0.39 is 6.10 Å². The maximum Gasteiger partial charge on any atom is 0.191 e. The number of benzene rings is 1. The maximum atomic E-state index is 11.6. The van der Waals surface area contributed by atoms with E-state index in [9.17, 15) is 9.90 Å². The number of carbonyl (C=O) groups is 1. The summed E-state index contributed by atoms with van der Waals surface area (Å²) in [5, 5.41) is 10.2. The van der Waals surface area contributed by atoms with Crippen molar-refractivity contribution in [1.29, 1.82) is 0 Å². The summed E-state index contributed by atoms with van der Waals surface area (Å²) in [4.78, 5) is 11.6. The Hall–Kier alpha value is -0.860. The summed E-state index contributed by atoms with van der Waals surface area (Å²) in [6.07, 6.45) is 1.09. The number of hydrogen-bond donors (Lipinski definition) is 1. The first-order valence-electron chi connectivity index (χ1n) is 4.66. The highest BCUT2D eigenvalue weighted by atomic mass is 35.5. The molecule has 1 saturated carbocycles. The van der Waals surface area contributed by atoms with Gasteiger partial charge in [0.2, 0.25) is 0 Å². The molecule has 1 N–H and O–H groups in total. The Kier molecular flexibility index (Phi) is 2.57. The molecule has 1 aliphatic rings. The van der Waals surface area contributed by atoms with Gasteiger partial charge in [-0.15, -0.1) is 0 Å². The van der Waals surface area contributed by atoms with E-state index in [0.29, 0.717) is 10.6 Å². The van der Waals surface area contributed by atoms with Crippen molar-refractivity contribution in [1.82, 2.24) is 0 Å². The van der Waals surface area contributed by atoms with Gasteiger partial charge in [0.05, 0.1) is 0 Å². The number of rotatable bonds is 3.